The molecule has 84 valence electrons. The quantitative estimate of drug-likeness (QED) is 0.597. The second-order valence-corrected chi connectivity index (χ2v) is 3.62. The Bertz CT molecular complexity index is 432. The number of benzene rings is 1. The maximum absolute atomic E-state index is 11.9. The number of carbonyl (C=O) groups is 1. The van der Waals surface area contributed by atoms with Crippen molar-refractivity contribution in [2.45, 2.75) is 26.3 Å². The van der Waals surface area contributed by atoms with Gasteiger partial charge in [-0.1, -0.05) is 18.9 Å². The third kappa shape index (κ3) is 2.54. The molecule has 3 nitrogen and oxygen atoms in total. The highest BCUT2D eigenvalue weighted by Crippen LogP contribution is 2.15. The van der Waals surface area contributed by atoms with Crippen LogP contribution in [0.2, 0.25) is 0 Å². The van der Waals surface area contributed by atoms with Crippen LogP contribution in [0.4, 0.5) is 5.69 Å². The minimum Gasteiger partial charge on any atom is -0.398 e. The molecule has 0 saturated carbocycles. The molecule has 0 aliphatic carbocycles. The number of carbonyl (C=O) groups excluding carboxylic acids is 1. The summed E-state index contributed by atoms with van der Waals surface area (Å²) in [4.78, 5) is 11.9. The van der Waals surface area contributed by atoms with E-state index in [1.54, 1.807) is 18.2 Å². The van der Waals surface area contributed by atoms with E-state index in [2.05, 4.69) is 11.2 Å². The number of terminal acetylenes is 1. The topological polar surface area (TPSA) is 55.1 Å². The summed E-state index contributed by atoms with van der Waals surface area (Å²) in [6, 6.07) is 5.04. The lowest BCUT2D eigenvalue weighted by molar-refractivity contribution is 0.0944. The fraction of sp³-hybridized carbons (Fsp3) is 0.308. The highest BCUT2D eigenvalue weighted by atomic mass is 16.1. The molecule has 1 aromatic rings. The highest BCUT2D eigenvalue weighted by molar-refractivity contribution is 5.97. The Balaban J connectivity index is 2.90. The lowest BCUT2D eigenvalue weighted by atomic mass is 10.1. The molecule has 0 radical (unpaired) electrons. The standard InChI is InChI=1S/C13H16N2O/c1-4-10(5-2)15-13(16)11-7-6-8-12(14)9(11)3/h1,6-8,10H,5,14H2,2-3H3,(H,15,16). The van der Waals surface area contributed by atoms with Gasteiger partial charge < -0.3 is 11.1 Å². The van der Waals surface area contributed by atoms with Gasteiger partial charge in [0.2, 0.25) is 0 Å². The maximum Gasteiger partial charge on any atom is 0.252 e. The molecule has 0 saturated heterocycles. The van der Waals surface area contributed by atoms with E-state index in [9.17, 15) is 4.79 Å². The molecule has 0 fully saturated rings. The van der Waals surface area contributed by atoms with Gasteiger partial charge in [-0.2, -0.15) is 0 Å². The predicted octanol–water partition coefficient (Wildman–Crippen LogP) is 1.72. The van der Waals surface area contributed by atoms with E-state index in [1.165, 1.54) is 0 Å². The van der Waals surface area contributed by atoms with Crippen molar-refractivity contribution in [3.05, 3.63) is 29.3 Å². The maximum atomic E-state index is 11.9. The Morgan fingerprint density at radius 2 is 2.31 bits per heavy atom. The summed E-state index contributed by atoms with van der Waals surface area (Å²) < 4.78 is 0. The van der Waals surface area contributed by atoms with Crippen LogP contribution in [-0.4, -0.2) is 11.9 Å². The zero-order valence-electron chi connectivity index (χ0n) is 9.58. The smallest absolute Gasteiger partial charge is 0.252 e. The molecular formula is C13H16N2O. The van der Waals surface area contributed by atoms with Crippen LogP contribution in [0.25, 0.3) is 0 Å². The van der Waals surface area contributed by atoms with Crippen LogP contribution in [0, 0.1) is 19.3 Å². The van der Waals surface area contributed by atoms with E-state index in [4.69, 9.17) is 12.2 Å². The Morgan fingerprint density at radius 3 is 2.88 bits per heavy atom. The van der Waals surface area contributed by atoms with Crippen molar-refractivity contribution >= 4 is 11.6 Å². The van der Waals surface area contributed by atoms with E-state index < -0.39 is 0 Å². The van der Waals surface area contributed by atoms with E-state index in [-0.39, 0.29) is 11.9 Å². The monoisotopic (exact) mass is 216 g/mol. The van der Waals surface area contributed by atoms with Crippen LogP contribution in [-0.2, 0) is 0 Å². The molecule has 3 N–H and O–H groups in total. The number of hydrogen-bond donors (Lipinski definition) is 2. The second kappa shape index (κ2) is 5.22. The summed E-state index contributed by atoms with van der Waals surface area (Å²) >= 11 is 0. The lowest BCUT2D eigenvalue weighted by Gasteiger charge is -2.12. The van der Waals surface area contributed by atoms with E-state index in [0.29, 0.717) is 17.7 Å². The first-order chi connectivity index (χ1) is 7.60. The third-order valence-electron chi connectivity index (χ3n) is 2.54. The molecule has 0 aliphatic heterocycles. The number of anilines is 1. The van der Waals surface area contributed by atoms with Gasteiger partial charge in [-0.15, -0.1) is 6.42 Å². The van der Waals surface area contributed by atoms with Crippen molar-refractivity contribution in [2.24, 2.45) is 0 Å². The number of nitrogen functional groups attached to an aromatic ring is 1. The first kappa shape index (κ1) is 12.1. The number of nitrogens with two attached hydrogens (primary N) is 1. The van der Waals surface area contributed by atoms with Gasteiger partial charge in [0.25, 0.3) is 5.91 Å². The normalized spacial score (nSPS) is 11.6. The van der Waals surface area contributed by atoms with Crippen LogP contribution >= 0.6 is 0 Å². The third-order valence-corrected chi connectivity index (χ3v) is 2.54. The van der Waals surface area contributed by atoms with Crippen molar-refractivity contribution in [1.29, 1.82) is 0 Å². The minimum atomic E-state index is -0.228. The van der Waals surface area contributed by atoms with E-state index in [0.717, 1.165) is 5.56 Å². The van der Waals surface area contributed by atoms with Gasteiger partial charge in [-0.25, -0.2) is 0 Å². The molecule has 0 bridgehead atoms. The number of hydrogen-bond acceptors (Lipinski definition) is 2. The molecule has 1 amide bonds. The molecule has 1 unspecified atom stereocenters. The number of amides is 1. The summed E-state index contributed by atoms with van der Waals surface area (Å²) in [6.07, 6.45) is 6.00. The second-order valence-electron chi connectivity index (χ2n) is 3.62. The highest BCUT2D eigenvalue weighted by Gasteiger charge is 2.12. The summed E-state index contributed by atoms with van der Waals surface area (Å²) in [5.74, 6) is 2.35. The minimum absolute atomic E-state index is 0.172. The van der Waals surface area contributed by atoms with Gasteiger partial charge in [0.05, 0.1) is 6.04 Å². The fourth-order valence-electron chi connectivity index (χ4n) is 1.40. The Morgan fingerprint density at radius 1 is 1.62 bits per heavy atom. The molecule has 0 aliphatic rings. The summed E-state index contributed by atoms with van der Waals surface area (Å²) in [6.45, 7) is 3.75. The van der Waals surface area contributed by atoms with E-state index in [1.807, 2.05) is 13.8 Å². The molecular weight excluding hydrogens is 200 g/mol. The first-order valence-electron chi connectivity index (χ1n) is 5.22. The van der Waals surface area contributed by atoms with Crippen molar-refractivity contribution in [2.75, 3.05) is 5.73 Å². The van der Waals surface area contributed by atoms with Crippen LogP contribution in [0.15, 0.2) is 18.2 Å². The Kier molecular flexibility index (Phi) is 3.96. The molecule has 16 heavy (non-hydrogen) atoms. The van der Waals surface area contributed by atoms with Crippen molar-refractivity contribution in [1.82, 2.24) is 5.32 Å². The van der Waals surface area contributed by atoms with E-state index >= 15 is 0 Å². The van der Waals surface area contributed by atoms with Gasteiger partial charge in [0.1, 0.15) is 0 Å². The average Bonchev–Trinajstić information content (AvgIpc) is 2.29. The number of rotatable bonds is 3. The van der Waals surface area contributed by atoms with Crippen LogP contribution in [0.1, 0.15) is 29.3 Å². The first-order valence-corrected chi connectivity index (χ1v) is 5.22. The molecule has 0 spiro atoms. The summed E-state index contributed by atoms with van der Waals surface area (Å²) in [7, 11) is 0. The van der Waals surface area contributed by atoms with Crippen molar-refractivity contribution < 1.29 is 4.79 Å². The predicted molar refractivity (Wildman–Crippen MR) is 66.0 cm³/mol. The van der Waals surface area contributed by atoms with Gasteiger partial charge in [-0.05, 0) is 31.0 Å². The average molecular weight is 216 g/mol. The van der Waals surface area contributed by atoms with Crippen molar-refractivity contribution in [3.63, 3.8) is 0 Å². The van der Waals surface area contributed by atoms with Crippen LogP contribution in [0.5, 0.6) is 0 Å². The SMILES string of the molecule is C#CC(CC)NC(=O)c1cccc(N)c1C. The van der Waals surface area contributed by atoms with Crippen LogP contribution in [0.3, 0.4) is 0 Å². The van der Waals surface area contributed by atoms with Gasteiger partial charge >= 0.3 is 0 Å². The van der Waals surface area contributed by atoms with Gasteiger partial charge in [-0.3, -0.25) is 4.79 Å². The summed E-state index contributed by atoms with van der Waals surface area (Å²) in [5.41, 5.74) is 7.71. The molecule has 1 aromatic carbocycles. The molecule has 3 heteroatoms. The van der Waals surface area contributed by atoms with Gasteiger partial charge in [0.15, 0.2) is 0 Å². The Labute approximate surface area is 96.0 Å². The van der Waals surface area contributed by atoms with Gasteiger partial charge in [0, 0.05) is 11.3 Å². The fourth-order valence-corrected chi connectivity index (χ4v) is 1.40. The largest absolute Gasteiger partial charge is 0.398 e. The zero-order valence-corrected chi connectivity index (χ0v) is 9.58. The molecule has 1 rings (SSSR count). The van der Waals surface area contributed by atoms with Crippen molar-refractivity contribution in [3.8, 4) is 12.3 Å². The molecule has 0 heterocycles. The molecule has 1 atom stereocenters. The number of nitrogens with one attached hydrogen (secondary N) is 1. The van der Waals surface area contributed by atoms with Crippen LogP contribution < -0.4 is 11.1 Å². The summed E-state index contributed by atoms with van der Waals surface area (Å²) in [5, 5.41) is 2.77. The Hall–Kier alpha value is -1.95. The zero-order chi connectivity index (χ0) is 12.1. The lowest BCUT2D eigenvalue weighted by Crippen LogP contribution is -2.33. The molecule has 0 aromatic heterocycles.